The first-order valence-corrected chi connectivity index (χ1v) is 11.7. The van der Waals surface area contributed by atoms with Crippen LogP contribution in [0.25, 0.3) is 21.7 Å². The molecule has 0 radical (unpaired) electrons. The zero-order chi connectivity index (χ0) is 21.9. The number of hydrogen-bond donors (Lipinski definition) is 2. The first-order valence-electron chi connectivity index (χ1n) is 11.3. The molecule has 2 aromatic heterocycles. The first-order chi connectivity index (χ1) is 15.7. The zero-order valence-electron chi connectivity index (χ0n) is 18.0. The SMILES string of the molecule is O=C(NCCCN1CCC(c2c[nH]c3ccc(Cl)cc23)CC1)c1nccc2ccccc12. The highest BCUT2D eigenvalue weighted by Crippen LogP contribution is 2.34. The molecule has 0 atom stereocenters. The van der Waals surface area contributed by atoms with Crippen LogP contribution >= 0.6 is 11.6 Å². The average Bonchev–Trinajstić information content (AvgIpc) is 3.25. The summed E-state index contributed by atoms with van der Waals surface area (Å²) in [6.07, 6.45) is 7.07. The highest BCUT2D eigenvalue weighted by atomic mass is 35.5. The number of carbonyl (C=O) groups excluding carboxylic acids is 1. The Bertz CT molecular complexity index is 1240. The largest absolute Gasteiger partial charge is 0.361 e. The molecular weight excluding hydrogens is 420 g/mol. The quantitative estimate of drug-likeness (QED) is 0.391. The Morgan fingerprint density at radius 2 is 1.97 bits per heavy atom. The highest BCUT2D eigenvalue weighted by Gasteiger charge is 2.22. The smallest absolute Gasteiger partial charge is 0.270 e. The molecule has 4 aromatic rings. The molecule has 1 aliphatic rings. The predicted molar refractivity (Wildman–Crippen MR) is 130 cm³/mol. The Hall–Kier alpha value is -2.89. The summed E-state index contributed by atoms with van der Waals surface area (Å²) in [4.78, 5) is 22.8. The normalized spacial score (nSPS) is 15.4. The molecule has 164 valence electrons. The maximum Gasteiger partial charge on any atom is 0.270 e. The summed E-state index contributed by atoms with van der Waals surface area (Å²) in [6, 6.07) is 15.9. The van der Waals surface area contributed by atoms with E-state index in [4.69, 9.17) is 11.6 Å². The summed E-state index contributed by atoms with van der Waals surface area (Å²) < 4.78 is 0. The molecule has 0 saturated carbocycles. The molecule has 0 aliphatic carbocycles. The van der Waals surface area contributed by atoms with Crippen molar-refractivity contribution in [2.45, 2.75) is 25.2 Å². The summed E-state index contributed by atoms with van der Waals surface area (Å²) in [5.41, 5.74) is 3.04. The van der Waals surface area contributed by atoms with E-state index in [1.807, 2.05) is 36.4 Å². The second-order valence-electron chi connectivity index (χ2n) is 8.54. The number of halogens is 1. The lowest BCUT2D eigenvalue weighted by Gasteiger charge is -2.32. The minimum Gasteiger partial charge on any atom is -0.361 e. The molecule has 5 rings (SSSR count). The van der Waals surface area contributed by atoms with Crippen LogP contribution in [-0.4, -0.2) is 47.0 Å². The number of likely N-dealkylation sites (tertiary alicyclic amines) is 1. The van der Waals surface area contributed by atoms with Gasteiger partial charge in [-0.05, 0) is 80.0 Å². The van der Waals surface area contributed by atoms with Gasteiger partial charge < -0.3 is 15.2 Å². The van der Waals surface area contributed by atoms with Crippen LogP contribution in [0.3, 0.4) is 0 Å². The third-order valence-electron chi connectivity index (χ3n) is 6.53. The summed E-state index contributed by atoms with van der Waals surface area (Å²) in [7, 11) is 0. The molecule has 1 fully saturated rings. The lowest BCUT2D eigenvalue weighted by Crippen LogP contribution is -2.35. The molecule has 1 aliphatic heterocycles. The van der Waals surface area contributed by atoms with Gasteiger partial charge in [0.05, 0.1) is 0 Å². The third kappa shape index (κ3) is 4.36. The minimum atomic E-state index is -0.0986. The highest BCUT2D eigenvalue weighted by molar-refractivity contribution is 6.31. The fourth-order valence-electron chi connectivity index (χ4n) is 4.81. The van der Waals surface area contributed by atoms with Crippen LogP contribution in [-0.2, 0) is 0 Å². The second-order valence-corrected chi connectivity index (χ2v) is 8.98. The van der Waals surface area contributed by atoms with Crippen LogP contribution < -0.4 is 5.32 Å². The van der Waals surface area contributed by atoms with Crippen molar-refractivity contribution >= 4 is 39.2 Å². The minimum absolute atomic E-state index is 0.0986. The number of hydrogen-bond acceptors (Lipinski definition) is 3. The van der Waals surface area contributed by atoms with E-state index in [1.165, 1.54) is 10.9 Å². The molecule has 2 aromatic carbocycles. The topological polar surface area (TPSA) is 61.0 Å². The van der Waals surface area contributed by atoms with E-state index < -0.39 is 0 Å². The van der Waals surface area contributed by atoms with Crippen molar-refractivity contribution in [3.05, 3.63) is 77.2 Å². The summed E-state index contributed by atoms with van der Waals surface area (Å²) in [5.74, 6) is 0.467. The number of nitrogens with one attached hydrogen (secondary N) is 2. The Morgan fingerprint density at radius 3 is 2.84 bits per heavy atom. The van der Waals surface area contributed by atoms with Crippen LogP contribution in [0.15, 0.2) is 60.9 Å². The van der Waals surface area contributed by atoms with E-state index in [1.54, 1.807) is 6.20 Å². The average molecular weight is 447 g/mol. The number of fused-ring (bicyclic) bond motifs is 2. The third-order valence-corrected chi connectivity index (χ3v) is 6.76. The Kier molecular flexibility index (Phi) is 6.10. The van der Waals surface area contributed by atoms with Gasteiger partial charge in [-0.1, -0.05) is 35.9 Å². The molecule has 3 heterocycles. The van der Waals surface area contributed by atoms with Crippen LogP contribution in [0.2, 0.25) is 5.02 Å². The van der Waals surface area contributed by atoms with E-state index in [0.717, 1.165) is 60.2 Å². The van der Waals surface area contributed by atoms with Crippen molar-refractivity contribution in [1.82, 2.24) is 20.2 Å². The van der Waals surface area contributed by atoms with Gasteiger partial charge in [-0.25, -0.2) is 0 Å². The van der Waals surface area contributed by atoms with Crippen LogP contribution in [0.4, 0.5) is 0 Å². The van der Waals surface area contributed by atoms with E-state index in [-0.39, 0.29) is 5.91 Å². The monoisotopic (exact) mass is 446 g/mol. The van der Waals surface area contributed by atoms with Gasteiger partial charge in [-0.15, -0.1) is 0 Å². The van der Waals surface area contributed by atoms with Gasteiger partial charge >= 0.3 is 0 Å². The molecule has 0 bridgehead atoms. The van der Waals surface area contributed by atoms with Crippen molar-refractivity contribution in [3.63, 3.8) is 0 Å². The van der Waals surface area contributed by atoms with Gasteiger partial charge in [0.15, 0.2) is 0 Å². The molecule has 0 unspecified atom stereocenters. The van der Waals surface area contributed by atoms with Crippen molar-refractivity contribution in [2.24, 2.45) is 0 Å². The summed E-state index contributed by atoms with van der Waals surface area (Å²) in [6.45, 7) is 3.81. The van der Waals surface area contributed by atoms with Gasteiger partial charge in [0, 0.05) is 40.3 Å². The molecule has 0 spiro atoms. The number of amides is 1. The fourth-order valence-corrected chi connectivity index (χ4v) is 4.98. The number of benzene rings is 2. The molecule has 5 nitrogen and oxygen atoms in total. The molecule has 1 amide bonds. The van der Waals surface area contributed by atoms with E-state index in [0.29, 0.717) is 18.2 Å². The van der Waals surface area contributed by atoms with E-state index >= 15 is 0 Å². The number of nitrogens with zero attached hydrogens (tertiary/aromatic N) is 2. The second kappa shape index (κ2) is 9.31. The Morgan fingerprint density at radius 1 is 1.12 bits per heavy atom. The number of pyridine rings is 1. The molecule has 6 heteroatoms. The van der Waals surface area contributed by atoms with Crippen LogP contribution in [0.5, 0.6) is 0 Å². The van der Waals surface area contributed by atoms with Gasteiger partial charge in [0.25, 0.3) is 5.91 Å². The van der Waals surface area contributed by atoms with E-state index in [2.05, 4.69) is 38.5 Å². The number of rotatable bonds is 6. The number of aromatic amines is 1. The molecule has 2 N–H and O–H groups in total. The van der Waals surface area contributed by atoms with Gasteiger partial charge in [0.2, 0.25) is 0 Å². The first kappa shape index (κ1) is 21.0. The number of H-pyrrole nitrogens is 1. The lowest BCUT2D eigenvalue weighted by atomic mass is 9.89. The maximum atomic E-state index is 12.6. The van der Waals surface area contributed by atoms with Crippen LogP contribution in [0, 0.1) is 0 Å². The fraction of sp³-hybridized carbons (Fsp3) is 0.308. The molecular formula is C26H27ClN4O. The predicted octanol–water partition coefficient (Wildman–Crippen LogP) is 5.37. The summed E-state index contributed by atoms with van der Waals surface area (Å²) >= 11 is 6.21. The molecule has 32 heavy (non-hydrogen) atoms. The van der Waals surface area contributed by atoms with Crippen molar-refractivity contribution in [3.8, 4) is 0 Å². The van der Waals surface area contributed by atoms with E-state index in [9.17, 15) is 4.79 Å². The van der Waals surface area contributed by atoms with Gasteiger partial charge in [-0.3, -0.25) is 9.78 Å². The number of piperidine rings is 1. The molecule has 1 saturated heterocycles. The zero-order valence-corrected chi connectivity index (χ0v) is 18.7. The summed E-state index contributed by atoms with van der Waals surface area (Å²) in [5, 5.41) is 7.01. The van der Waals surface area contributed by atoms with Crippen molar-refractivity contribution in [2.75, 3.05) is 26.2 Å². The Labute approximate surface area is 192 Å². The van der Waals surface area contributed by atoms with Gasteiger partial charge in [-0.2, -0.15) is 0 Å². The Balaban J connectivity index is 1.10. The van der Waals surface area contributed by atoms with Crippen LogP contribution in [0.1, 0.15) is 41.2 Å². The van der Waals surface area contributed by atoms with Gasteiger partial charge in [0.1, 0.15) is 5.69 Å². The standard InChI is InChI=1S/C26H27ClN4O/c27-20-6-7-24-22(16-20)23(17-30-24)19-9-14-31(15-10-19)13-3-11-29-26(32)25-21-5-2-1-4-18(21)8-12-28-25/h1-2,4-8,12,16-17,19,30H,3,9-11,13-15H2,(H,29,32). The maximum absolute atomic E-state index is 12.6. The number of aromatic nitrogens is 2. The van der Waals surface area contributed by atoms with Crippen molar-refractivity contribution in [1.29, 1.82) is 0 Å². The lowest BCUT2D eigenvalue weighted by molar-refractivity contribution is 0.0948. The van der Waals surface area contributed by atoms with Crippen molar-refractivity contribution < 1.29 is 4.79 Å². The number of carbonyl (C=O) groups is 1.